The summed E-state index contributed by atoms with van der Waals surface area (Å²) in [6.45, 7) is 0. The maximum absolute atomic E-state index is 12.4. The van der Waals surface area contributed by atoms with Crippen molar-refractivity contribution in [1.82, 2.24) is 0 Å². The van der Waals surface area contributed by atoms with Gasteiger partial charge in [0.15, 0.2) is 23.0 Å². The van der Waals surface area contributed by atoms with E-state index in [-0.39, 0.29) is 17.1 Å². The van der Waals surface area contributed by atoms with Crippen LogP contribution in [0.5, 0.6) is 23.0 Å². The van der Waals surface area contributed by atoms with E-state index >= 15 is 0 Å². The molecule has 26 heavy (non-hydrogen) atoms. The maximum Gasteiger partial charge on any atom is 0.266 e. The number of aromatic hydroxyl groups is 1. The van der Waals surface area contributed by atoms with Crippen molar-refractivity contribution in [1.29, 1.82) is 5.26 Å². The molecule has 0 aliphatic heterocycles. The van der Waals surface area contributed by atoms with Gasteiger partial charge in [0.25, 0.3) is 5.91 Å². The molecule has 0 fully saturated rings. The first-order chi connectivity index (χ1) is 12.5. The Kier molecular flexibility index (Phi) is 6.06. The number of phenolic OH excluding ortho intramolecular Hbond substituents is 1. The van der Waals surface area contributed by atoms with Crippen LogP contribution in [0, 0.1) is 11.3 Å². The highest BCUT2D eigenvalue weighted by molar-refractivity contribution is 6.09. The van der Waals surface area contributed by atoms with Gasteiger partial charge in [0.1, 0.15) is 11.6 Å². The number of rotatable bonds is 6. The minimum absolute atomic E-state index is 0.0297. The van der Waals surface area contributed by atoms with Gasteiger partial charge in [0.05, 0.1) is 21.3 Å². The summed E-state index contributed by atoms with van der Waals surface area (Å²) in [5.74, 6) is 0.620. The molecule has 2 N–H and O–H groups in total. The Hall–Kier alpha value is -3.66. The summed E-state index contributed by atoms with van der Waals surface area (Å²) in [4.78, 5) is 12.4. The Labute approximate surface area is 151 Å². The maximum atomic E-state index is 12.4. The average Bonchev–Trinajstić information content (AvgIpc) is 2.66. The lowest BCUT2D eigenvalue weighted by molar-refractivity contribution is -0.112. The van der Waals surface area contributed by atoms with Gasteiger partial charge < -0.3 is 24.6 Å². The monoisotopic (exact) mass is 354 g/mol. The van der Waals surface area contributed by atoms with Crippen LogP contribution in [-0.4, -0.2) is 32.3 Å². The van der Waals surface area contributed by atoms with Crippen LogP contribution in [0.25, 0.3) is 6.08 Å². The number of phenols is 1. The number of hydrogen-bond acceptors (Lipinski definition) is 6. The average molecular weight is 354 g/mol. The third-order valence-electron chi connectivity index (χ3n) is 3.52. The van der Waals surface area contributed by atoms with E-state index in [2.05, 4.69) is 5.32 Å². The van der Waals surface area contributed by atoms with Crippen LogP contribution >= 0.6 is 0 Å². The number of carbonyl (C=O) groups excluding carboxylic acids is 1. The number of carbonyl (C=O) groups is 1. The molecular weight excluding hydrogens is 336 g/mol. The van der Waals surface area contributed by atoms with Crippen molar-refractivity contribution in [3.05, 3.63) is 47.5 Å². The molecule has 2 aromatic rings. The van der Waals surface area contributed by atoms with Crippen molar-refractivity contribution in [3.8, 4) is 29.1 Å². The Morgan fingerprint density at radius 1 is 1.04 bits per heavy atom. The lowest BCUT2D eigenvalue weighted by Crippen LogP contribution is -2.13. The van der Waals surface area contributed by atoms with Crippen LogP contribution in [-0.2, 0) is 4.79 Å². The van der Waals surface area contributed by atoms with Crippen LogP contribution in [0.4, 0.5) is 5.69 Å². The molecule has 7 nitrogen and oxygen atoms in total. The third kappa shape index (κ3) is 4.24. The van der Waals surface area contributed by atoms with Crippen molar-refractivity contribution in [2.24, 2.45) is 0 Å². The van der Waals surface area contributed by atoms with Crippen LogP contribution in [0.2, 0.25) is 0 Å². The van der Waals surface area contributed by atoms with Crippen LogP contribution < -0.4 is 19.5 Å². The molecule has 0 spiro atoms. The van der Waals surface area contributed by atoms with E-state index in [0.29, 0.717) is 22.7 Å². The van der Waals surface area contributed by atoms with Gasteiger partial charge in [-0.05, 0) is 35.9 Å². The first-order valence-electron chi connectivity index (χ1n) is 7.54. The Morgan fingerprint density at radius 2 is 1.73 bits per heavy atom. The molecule has 0 aromatic heterocycles. The number of methoxy groups -OCH3 is 3. The highest BCUT2D eigenvalue weighted by Gasteiger charge is 2.12. The van der Waals surface area contributed by atoms with Crippen molar-refractivity contribution in [2.75, 3.05) is 26.6 Å². The molecule has 1 amide bonds. The molecule has 0 heterocycles. The van der Waals surface area contributed by atoms with Gasteiger partial charge >= 0.3 is 0 Å². The van der Waals surface area contributed by atoms with E-state index in [1.54, 1.807) is 24.3 Å². The van der Waals surface area contributed by atoms with Gasteiger partial charge in [0, 0.05) is 11.8 Å². The molecule has 0 atom stereocenters. The van der Waals surface area contributed by atoms with Crippen molar-refractivity contribution >= 4 is 17.7 Å². The van der Waals surface area contributed by atoms with Crippen LogP contribution in [0.3, 0.4) is 0 Å². The molecule has 0 radical (unpaired) electrons. The number of benzene rings is 2. The van der Waals surface area contributed by atoms with Crippen molar-refractivity contribution < 1.29 is 24.1 Å². The van der Waals surface area contributed by atoms with E-state index in [9.17, 15) is 15.2 Å². The lowest BCUT2D eigenvalue weighted by Gasteiger charge is -2.10. The number of nitriles is 1. The van der Waals surface area contributed by atoms with Crippen molar-refractivity contribution in [3.63, 3.8) is 0 Å². The molecule has 7 heteroatoms. The van der Waals surface area contributed by atoms with Gasteiger partial charge in [-0.25, -0.2) is 0 Å². The molecule has 0 aliphatic carbocycles. The Morgan fingerprint density at radius 3 is 2.35 bits per heavy atom. The molecule has 0 saturated heterocycles. The predicted molar refractivity (Wildman–Crippen MR) is 96.4 cm³/mol. The first kappa shape index (κ1) is 18.7. The number of hydrogen-bond donors (Lipinski definition) is 2. The molecule has 0 aliphatic rings. The Bertz CT molecular complexity index is 884. The zero-order valence-corrected chi connectivity index (χ0v) is 14.6. The highest BCUT2D eigenvalue weighted by atomic mass is 16.5. The molecule has 2 rings (SSSR count). The summed E-state index contributed by atoms with van der Waals surface area (Å²) < 4.78 is 15.3. The number of nitrogens with zero attached hydrogens (tertiary/aromatic N) is 1. The topological polar surface area (TPSA) is 101 Å². The molecule has 0 saturated carbocycles. The summed E-state index contributed by atoms with van der Waals surface area (Å²) in [5, 5.41) is 21.5. The van der Waals surface area contributed by atoms with E-state index in [4.69, 9.17) is 14.2 Å². The van der Waals surface area contributed by atoms with Crippen LogP contribution in [0.1, 0.15) is 5.56 Å². The molecule has 134 valence electrons. The van der Waals surface area contributed by atoms with Crippen LogP contribution in [0.15, 0.2) is 42.0 Å². The number of ether oxygens (including phenoxy) is 3. The summed E-state index contributed by atoms with van der Waals surface area (Å²) >= 11 is 0. The predicted octanol–water partition coefficient (Wildman–Crippen LogP) is 2.96. The smallest absolute Gasteiger partial charge is 0.266 e. The van der Waals surface area contributed by atoms with Gasteiger partial charge in [0.2, 0.25) is 0 Å². The summed E-state index contributed by atoms with van der Waals surface area (Å²) in [7, 11) is 4.42. The SMILES string of the molecule is COc1cc(C=C(C#N)C(=O)Nc2ccc(OC)c(OC)c2)ccc1O. The summed E-state index contributed by atoms with van der Waals surface area (Å²) in [5.41, 5.74) is 0.892. The normalized spacial score (nSPS) is 10.6. The second-order valence-corrected chi connectivity index (χ2v) is 5.12. The number of amides is 1. The summed E-state index contributed by atoms with van der Waals surface area (Å²) in [6.07, 6.45) is 1.40. The van der Waals surface area contributed by atoms with Gasteiger partial charge in [-0.15, -0.1) is 0 Å². The van der Waals surface area contributed by atoms with Gasteiger partial charge in [-0.3, -0.25) is 4.79 Å². The minimum atomic E-state index is -0.577. The summed E-state index contributed by atoms with van der Waals surface area (Å²) in [6, 6.07) is 11.3. The fourth-order valence-electron chi connectivity index (χ4n) is 2.21. The third-order valence-corrected chi connectivity index (χ3v) is 3.52. The molecule has 2 aromatic carbocycles. The lowest BCUT2D eigenvalue weighted by atomic mass is 10.1. The minimum Gasteiger partial charge on any atom is -0.504 e. The highest BCUT2D eigenvalue weighted by Crippen LogP contribution is 2.30. The van der Waals surface area contributed by atoms with Crippen molar-refractivity contribution in [2.45, 2.75) is 0 Å². The standard InChI is InChI=1S/C19H18N2O5/c1-24-16-7-5-14(10-18(16)26-3)21-19(23)13(11-20)8-12-4-6-15(22)17(9-12)25-2/h4-10,22H,1-3H3,(H,21,23). The molecule has 0 bridgehead atoms. The van der Waals surface area contributed by atoms with E-state index in [0.717, 1.165) is 0 Å². The Balaban J connectivity index is 2.25. The molecular formula is C19H18N2O5. The fraction of sp³-hybridized carbons (Fsp3) is 0.158. The first-order valence-corrected chi connectivity index (χ1v) is 7.54. The zero-order chi connectivity index (χ0) is 19.1. The molecule has 0 unspecified atom stereocenters. The zero-order valence-electron chi connectivity index (χ0n) is 14.6. The van der Waals surface area contributed by atoms with E-state index < -0.39 is 5.91 Å². The number of nitrogens with one attached hydrogen (secondary N) is 1. The number of anilines is 1. The van der Waals surface area contributed by atoms with E-state index in [1.807, 2.05) is 6.07 Å². The van der Waals surface area contributed by atoms with Gasteiger partial charge in [-0.2, -0.15) is 5.26 Å². The second kappa shape index (κ2) is 8.44. The quantitative estimate of drug-likeness (QED) is 0.611. The largest absolute Gasteiger partial charge is 0.504 e. The van der Waals surface area contributed by atoms with Gasteiger partial charge in [-0.1, -0.05) is 6.07 Å². The fourth-order valence-corrected chi connectivity index (χ4v) is 2.21. The second-order valence-electron chi connectivity index (χ2n) is 5.12. The van der Waals surface area contributed by atoms with E-state index in [1.165, 1.54) is 39.5 Å².